The lowest BCUT2D eigenvalue weighted by Gasteiger charge is -2.01. The van der Waals surface area contributed by atoms with Crippen LogP contribution in [-0.4, -0.2) is 24.6 Å². The van der Waals surface area contributed by atoms with Crippen molar-refractivity contribution in [1.82, 2.24) is 10.3 Å². The molecule has 0 aliphatic carbocycles. The Bertz CT molecular complexity index is 259. The lowest BCUT2D eigenvalue weighted by Crippen LogP contribution is -2.17. The van der Waals surface area contributed by atoms with Crippen molar-refractivity contribution >= 4 is 5.97 Å². The molecule has 4 nitrogen and oxygen atoms in total. The van der Waals surface area contributed by atoms with Crippen molar-refractivity contribution < 1.29 is 9.53 Å². The first-order valence-electron chi connectivity index (χ1n) is 4.61. The van der Waals surface area contributed by atoms with E-state index in [2.05, 4.69) is 21.6 Å². The molecule has 0 aliphatic rings. The van der Waals surface area contributed by atoms with E-state index in [-0.39, 0.29) is 11.7 Å². The lowest BCUT2D eigenvalue weighted by atomic mass is 10.5. The van der Waals surface area contributed by atoms with Crippen LogP contribution in [0.5, 0.6) is 0 Å². The van der Waals surface area contributed by atoms with Gasteiger partial charge in [0.15, 0.2) is 0 Å². The van der Waals surface area contributed by atoms with E-state index in [9.17, 15) is 4.79 Å². The van der Waals surface area contributed by atoms with Crippen LogP contribution in [0.15, 0.2) is 42.9 Å². The van der Waals surface area contributed by atoms with Gasteiger partial charge >= 0.3 is 5.97 Å². The Hall–Kier alpha value is -1.84. The van der Waals surface area contributed by atoms with Crippen LogP contribution < -0.4 is 5.32 Å². The van der Waals surface area contributed by atoms with Crippen molar-refractivity contribution in [2.45, 2.75) is 6.92 Å². The number of nitrogens with one attached hydrogen (secondary N) is 1. The molecule has 4 heteroatoms. The van der Waals surface area contributed by atoms with Crippen LogP contribution >= 0.6 is 0 Å². The number of hydrogen-bond acceptors (Lipinski definition) is 4. The van der Waals surface area contributed by atoms with Gasteiger partial charge in [0.2, 0.25) is 0 Å². The Labute approximate surface area is 90.0 Å². The Morgan fingerprint density at radius 1 is 1.40 bits per heavy atom. The summed E-state index contributed by atoms with van der Waals surface area (Å²) in [5, 5.41) is 2.58. The van der Waals surface area contributed by atoms with Crippen LogP contribution in [0, 0.1) is 0 Å². The summed E-state index contributed by atoms with van der Waals surface area (Å²) in [4.78, 5) is 14.4. The molecule has 0 bridgehead atoms. The maximum atomic E-state index is 10.6. The smallest absolute Gasteiger partial charge is 0.353 e. The molecule has 0 aliphatic heterocycles. The Morgan fingerprint density at radius 3 is 2.27 bits per heavy atom. The van der Waals surface area contributed by atoms with Crippen molar-refractivity contribution in [2.24, 2.45) is 0 Å². The van der Waals surface area contributed by atoms with Crippen molar-refractivity contribution in [1.29, 1.82) is 0 Å². The first kappa shape index (κ1) is 13.2. The number of carbonyl (C=O) groups is 1. The van der Waals surface area contributed by atoms with E-state index in [0.717, 1.165) is 0 Å². The van der Waals surface area contributed by atoms with E-state index in [1.807, 2.05) is 18.2 Å². The standard InChI is InChI=1S/C6H11NO2.C5H5N/c1-4-9-6(8)5(2)7-3;1-2-4-6-5-3-1/h7H,2,4H2,1,3H3;1-5H. The quantitative estimate of drug-likeness (QED) is 0.602. The summed E-state index contributed by atoms with van der Waals surface area (Å²) in [5.41, 5.74) is 0.289. The molecule has 0 spiro atoms. The minimum Gasteiger partial charge on any atom is -0.461 e. The molecule has 82 valence electrons. The van der Waals surface area contributed by atoms with Gasteiger partial charge in [0.1, 0.15) is 5.70 Å². The third-order valence-electron chi connectivity index (χ3n) is 1.39. The van der Waals surface area contributed by atoms with Gasteiger partial charge in [-0.1, -0.05) is 12.6 Å². The summed E-state index contributed by atoms with van der Waals surface area (Å²) in [7, 11) is 1.62. The van der Waals surface area contributed by atoms with E-state index in [0.29, 0.717) is 6.61 Å². The van der Waals surface area contributed by atoms with Gasteiger partial charge in [-0.25, -0.2) is 4.79 Å². The fraction of sp³-hybridized carbons (Fsp3) is 0.273. The minimum absolute atomic E-state index is 0.289. The second-order valence-electron chi connectivity index (χ2n) is 2.47. The van der Waals surface area contributed by atoms with Crippen molar-refractivity contribution in [3.8, 4) is 0 Å². The van der Waals surface area contributed by atoms with Gasteiger partial charge in [0.05, 0.1) is 6.61 Å². The summed E-state index contributed by atoms with van der Waals surface area (Å²) in [6, 6.07) is 5.72. The van der Waals surface area contributed by atoms with Gasteiger partial charge in [-0.05, 0) is 19.1 Å². The summed E-state index contributed by atoms with van der Waals surface area (Å²) in [6.07, 6.45) is 3.50. The zero-order chi connectivity index (χ0) is 11.5. The molecule has 1 aromatic rings. The molecule has 0 radical (unpaired) electrons. The summed E-state index contributed by atoms with van der Waals surface area (Å²) in [6.45, 7) is 5.55. The van der Waals surface area contributed by atoms with Crippen LogP contribution in [0.4, 0.5) is 0 Å². The number of carbonyl (C=O) groups excluding carboxylic acids is 1. The first-order chi connectivity index (χ1) is 7.22. The third-order valence-corrected chi connectivity index (χ3v) is 1.39. The molecule has 1 rings (SSSR count). The molecule has 0 saturated heterocycles. The molecule has 0 unspecified atom stereocenters. The van der Waals surface area contributed by atoms with E-state index in [1.165, 1.54) is 0 Å². The highest BCUT2D eigenvalue weighted by molar-refractivity contribution is 5.86. The van der Waals surface area contributed by atoms with Crippen molar-refractivity contribution in [3.63, 3.8) is 0 Å². The predicted octanol–water partition coefficient (Wildman–Crippen LogP) is 1.36. The van der Waals surface area contributed by atoms with Crippen LogP contribution in [0.3, 0.4) is 0 Å². The van der Waals surface area contributed by atoms with Gasteiger partial charge in [0, 0.05) is 19.4 Å². The van der Waals surface area contributed by atoms with Gasteiger partial charge < -0.3 is 10.1 Å². The van der Waals surface area contributed by atoms with Crippen LogP contribution in [0.2, 0.25) is 0 Å². The van der Waals surface area contributed by atoms with Crippen LogP contribution in [0.25, 0.3) is 0 Å². The summed E-state index contributed by atoms with van der Waals surface area (Å²) < 4.78 is 4.59. The van der Waals surface area contributed by atoms with E-state index < -0.39 is 0 Å². The average molecular weight is 208 g/mol. The third kappa shape index (κ3) is 7.25. The van der Waals surface area contributed by atoms with Crippen LogP contribution in [0.1, 0.15) is 6.92 Å². The zero-order valence-electron chi connectivity index (χ0n) is 9.06. The molecule has 15 heavy (non-hydrogen) atoms. The van der Waals surface area contributed by atoms with E-state index >= 15 is 0 Å². The molecule has 1 heterocycles. The monoisotopic (exact) mass is 208 g/mol. The van der Waals surface area contributed by atoms with Gasteiger partial charge in [-0.2, -0.15) is 0 Å². The Morgan fingerprint density at radius 2 is 2.00 bits per heavy atom. The molecule has 0 atom stereocenters. The highest BCUT2D eigenvalue weighted by atomic mass is 16.5. The fourth-order valence-corrected chi connectivity index (χ4v) is 0.633. The number of pyridine rings is 1. The number of hydrogen-bond donors (Lipinski definition) is 1. The minimum atomic E-state index is -0.389. The number of esters is 1. The molecule has 1 aromatic heterocycles. The average Bonchev–Trinajstić information content (AvgIpc) is 2.31. The highest BCUT2D eigenvalue weighted by Gasteiger charge is 2.02. The first-order valence-corrected chi connectivity index (χ1v) is 4.61. The van der Waals surface area contributed by atoms with Crippen molar-refractivity contribution in [3.05, 3.63) is 42.9 Å². The Kier molecular flexibility index (Phi) is 7.67. The fourth-order valence-electron chi connectivity index (χ4n) is 0.633. The topological polar surface area (TPSA) is 51.2 Å². The second-order valence-corrected chi connectivity index (χ2v) is 2.47. The number of rotatable bonds is 3. The number of ether oxygens (including phenoxy) is 1. The van der Waals surface area contributed by atoms with Crippen molar-refractivity contribution in [2.75, 3.05) is 13.7 Å². The summed E-state index contributed by atoms with van der Waals surface area (Å²) >= 11 is 0. The maximum absolute atomic E-state index is 10.6. The van der Waals surface area contributed by atoms with Gasteiger partial charge in [-0.3, -0.25) is 4.98 Å². The lowest BCUT2D eigenvalue weighted by molar-refractivity contribution is -0.138. The normalized spacial score (nSPS) is 8.13. The highest BCUT2D eigenvalue weighted by Crippen LogP contribution is 1.86. The second kappa shape index (κ2) is 8.74. The SMILES string of the molecule is C=C(NC)C(=O)OCC.c1ccncc1. The van der Waals surface area contributed by atoms with E-state index in [4.69, 9.17) is 0 Å². The number of likely N-dealkylation sites (N-methyl/N-ethyl adjacent to an activating group) is 1. The van der Waals surface area contributed by atoms with Crippen LogP contribution in [-0.2, 0) is 9.53 Å². The molecular weight excluding hydrogens is 192 g/mol. The number of aromatic nitrogens is 1. The largest absolute Gasteiger partial charge is 0.461 e. The Balaban J connectivity index is 0.000000280. The molecule has 0 amide bonds. The number of nitrogens with zero attached hydrogens (tertiary/aromatic N) is 1. The molecule has 1 N–H and O–H groups in total. The summed E-state index contributed by atoms with van der Waals surface area (Å²) in [5.74, 6) is -0.389. The molecular formula is C11H16N2O2. The van der Waals surface area contributed by atoms with Gasteiger partial charge in [-0.15, -0.1) is 0 Å². The molecule has 0 fully saturated rings. The maximum Gasteiger partial charge on any atom is 0.353 e. The van der Waals surface area contributed by atoms with Gasteiger partial charge in [0.25, 0.3) is 0 Å². The molecule has 0 aromatic carbocycles. The zero-order valence-corrected chi connectivity index (χ0v) is 9.06. The predicted molar refractivity (Wildman–Crippen MR) is 59.1 cm³/mol. The van der Waals surface area contributed by atoms with E-state index in [1.54, 1.807) is 26.4 Å². The molecule has 0 saturated carbocycles.